The molecule has 8 heteroatoms. The summed E-state index contributed by atoms with van der Waals surface area (Å²) in [6.07, 6.45) is 0. The average molecular weight is 316 g/mol. The van der Waals surface area contributed by atoms with Crippen molar-refractivity contribution in [2.75, 3.05) is 26.4 Å². The summed E-state index contributed by atoms with van der Waals surface area (Å²) in [5.74, 6) is -3.54. The summed E-state index contributed by atoms with van der Waals surface area (Å²) in [6, 6.07) is 0. The number of ether oxygens (including phenoxy) is 4. The van der Waals surface area contributed by atoms with Crippen LogP contribution < -0.4 is 0 Å². The quantitative estimate of drug-likeness (QED) is 0.505. The fourth-order valence-electron chi connectivity index (χ4n) is 1.35. The Kier molecular flexibility index (Phi) is 5.84. The Morgan fingerprint density at radius 3 is 1.82 bits per heavy atom. The lowest BCUT2D eigenvalue weighted by Gasteiger charge is -2.39. The van der Waals surface area contributed by atoms with Gasteiger partial charge in [-0.1, -0.05) is 13.2 Å². The molecule has 0 unspecified atom stereocenters. The third kappa shape index (κ3) is 5.23. The van der Waals surface area contributed by atoms with Crippen molar-refractivity contribution in [3.05, 3.63) is 24.3 Å². The van der Waals surface area contributed by atoms with Crippen molar-refractivity contribution >= 4 is 11.9 Å². The van der Waals surface area contributed by atoms with Crippen molar-refractivity contribution in [1.29, 1.82) is 0 Å². The van der Waals surface area contributed by atoms with Crippen LogP contribution in [0.5, 0.6) is 0 Å². The fourth-order valence-corrected chi connectivity index (χ4v) is 1.35. The number of aliphatic hydroxyl groups is 2. The van der Waals surface area contributed by atoms with Crippen LogP contribution in [0.25, 0.3) is 0 Å². The molecule has 22 heavy (non-hydrogen) atoms. The Hall–Kier alpha value is -1.74. The van der Waals surface area contributed by atoms with Gasteiger partial charge in [0, 0.05) is 11.1 Å². The van der Waals surface area contributed by atoms with Crippen molar-refractivity contribution < 1.29 is 38.7 Å². The van der Waals surface area contributed by atoms with Crippen LogP contribution in [-0.2, 0) is 28.5 Å². The molecule has 1 aliphatic heterocycles. The lowest BCUT2D eigenvalue weighted by atomic mass is 10.1. The molecule has 0 aromatic rings. The predicted octanol–water partition coefficient (Wildman–Crippen LogP) is -0.351. The maximum Gasteiger partial charge on any atom is 0.333 e. The van der Waals surface area contributed by atoms with Gasteiger partial charge in [-0.25, -0.2) is 9.59 Å². The summed E-state index contributed by atoms with van der Waals surface area (Å²) >= 11 is 0. The molecule has 0 radical (unpaired) electrons. The molecule has 0 bridgehead atoms. The summed E-state index contributed by atoms with van der Waals surface area (Å²) in [6.45, 7) is 7.98. The van der Waals surface area contributed by atoms with Gasteiger partial charge >= 0.3 is 17.9 Å². The first-order valence-electron chi connectivity index (χ1n) is 6.45. The van der Waals surface area contributed by atoms with E-state index in [0.717, 1.165) is 0 Å². The van der Waals surface area contributed by atoms with Gasteiger partial charge < -0.3 is 29.2 Å². The zero-order valence-electron chi connectivity index (χ0n) is 12.6. The molecule has 0 spiro atoms. The molecule has 8 nitrogen and oxygen atoms in total. The van der Waals surface area contributed by atoms with Gasteiger partial charge in [0.05, 0.1) is 13.2 Å². The minimum Gasteiger partial charge on any atom is -0.459 e. The Bertz CT molecular complexity index is 429. The molecular formula is C14H20O8. The van der Waals surface area contributed by atoms with E-state index in [4.69, 9.17) is 18.9 Å². The number of carbonyl (C=O) groups excluding carboxylic acids is 2. The maximum absolute atomic E-state index is 11.3. The van der Waals surface area contributed by atoms with Gasteiger partial charge in [0.15, 0.2) is 6.61 Å². The number of esters is 2. The summed E-state index contributed by atoms with van der Waals surface area (Å²) in [4.78, 5) is 22.5. The van der Waals surface area contributed by atoms with E-state index >= 15 is 0 Å². The van der Waals surface area contributed by atoms with E-state index in [2.05, 4.69) is 13.2 Å². The van der Waals surface area contributed by atoms with Crippen molar-refractivity contribution in [3.63, 3.8) is 0 Å². The smallest absolute Gasteiger partial charge is 0.333 e. The van der Waals surface area contributed by atoms with Crippen molar-refractivity contribution in [2.45, 2.75) is 25.4 Å². The number of carbonyl (C=O) groups is 2. The van der Waals surface area contributed by atoms with Crippen LogP contribution >= 0.6 is 0 Å². The molecular weight excluding hydrogens is 296 g/mol. The van der Waals surface area contributed by atoms with E-state index in [0.29, 0.717) is 0 Å². The summed E-state index contributed by atoms with van der Waals surface area (Å²) < 4.78 is 19.5. The van der Waals surface area contributed by atoms with E-state index in [9.17, 15) is 19.8 Å². The van der Waals surface area contributed by atoms with Gasteiger partial charge in [0.25, 0.3) is 0 Å². The van der Waals surface area contributed by atoms with Gasteiger partial charge in [-0.2, -0.15) is 0 Å². The standard InChI is InChI=1S/C14H20O8/c1-9(2)11(15)19-5-13(17)6-21-14(18,22-7-13)8-20-12(16)10(3)4/h17-18H,1,3,5-8H2,2,4H3. The van der Waals surface area contributed by atoms with Crippen molar-refractivity contribution in [2.24, 2.45) is 0 Å². The second kappa shape index (κ2) is 7.01. The molecule has 0 amide bonds. The van der Waals surface area contributed by atoms with Crippen molar-refractivity contribution in [1.82, 2.24) is 0 Å². The normalized spacial score (nSPS) is 27.8. The lowest BCUT2D eigenvalue weighted by molar-refractivity contribution is -0.420. The maximum atomic E-state index is 11.3. The molecule has 0 aromatic carbocycles. The molecule has 1 heterocycles. The van der Waals surface area contributed by atoms with Crippen LogP contribution in [0.2, 0.25) is 0 Å². The second-order valence-electron chi connectivity index (χ2n) is 5.23. The zero-order valence-corrected chi connectivity index (χ0v) is 12.6. The number of hydrogen-bond donors (Lipinski definition) is 2. The second-order valence-corrected chi connectivity index (χ2v) is 5.23. The molecule has 1 rings (SSSR count). The Labute approximate surface area is 127 Å². The zero-order chi connectivity index (χ0) is 17.0. The van der Waals surface area contributed by atoms with E-state index in [1.807, 2.05) is 0 Å². The Morgan fingerprint density at radius 1 is 1.00 bits per heavy atom. The SMILES string of the molecule is C=C(C)C(=O)OCC1(O)COC(O)(COC(=O)C(=C)C)OC1. The fraction of sp³-hybridized carbons (Fsp3) is 0.571. The third-order valence-electron chi connectivity index (χ3n) is 2.69. The average Bonchev–Trinajstić information content (AvgIpc) is 2.46. The molecule has 0 aliphatic carbocycles. The molecule has 1 saturated heterocycles. The first-order valence-corrected chi connectivity index (χ1v) is 6.45. The highest BCUT2D eigenvalue weighted by molar-refractivity contribution is 5.87. The number of rotatable bonds is 6. The van der Waals surface area contributed by atoms with Crippen LogP contribution in [0.4, 0.5) is 0 Å². The molecule has 2 N–H and O–H groups in total. The molecule has 0 saturated carbocycles. The highest BCUT2D eigenvalue weighted by Gasteiger charge is 2.44. The van der Waals surface area contributed by atoms with Crippen LogP contribution in [0, 0.1) is 0 Å². The first-order chi connectivity index (χ1) is 10.1. The van der Waals surface area contributed by atoms with Crippen molar-refractivity contribution in [3.8, 4) is 0 Å². The van der Waals surface area contributed by atoms with Gasteiger partial charge in [-0.05, 0) is 13.8 Å². The third-order valence-corrected chi connectivity index (χ3v) is 2.69. The molecule has 1 fully saturated rings. The van der Waals surface area contributed by atoms with Gasteiger partial charge in [0.1, 0.15) is 12.2 Å². The van der Waals surface area contributed by atoms with E-state index in [-0.39, 0.29) is 31.0 Å². The van der Waals surface area contributed by atoms with E-state index in [1.165, 1.54) is 13.8 Å². The van der Waals surface area contributed by atoms with Gasteiger partial charge in [-0.3, -0.25) is 0 Å². The summed E-state index contributed by atoms with van der Waals surface area (Å²) in [7, 11) is 0. The predicted molar refractivity (Wildman–Crippen MR) is 73.3 cm³/mol. The molecule has 0 aromatic heterocycles. The van der Waals surface area contributed by atoms with E-state index < -0.39 is 30.1 Å². The Morgan fingerprint density at radius 2 is 1.41 bits per heavy atom. The first kappa shape index (κ1) is 18.3. The van der Waals surface area contributed by atoms with Gasteiger partial charge in [-0.15, -0.1) is 0 Å². The molecule has 0 atom stereocenters. The number of hydrogen-bond acceptors (Lipinski definition) is 8. The van der Waals surface area contributed by atoms with Crippen LogP contribution in [0.15, 0.2) is 24.3 Å². The Balaban J connectivity index is 2.46. The highest BCUT2D eigenvalue weighted by atomic mass is 16.8. The minimum atomic E-state index is -2.17. The lowest BCUT2D eigenvalue weighted by Crippen LogP contribution is -2.57. The largest absolute Gasteiger partial charge is 0.459 e. The topological polar surface area (TPSA) is 112 Å². The van der Waals surface area contributed by atoms with Gasteiger partial charge in [0.2, 0.25) is 0 Å². The summed E-state index contributed by atoms with van der Waals surface area (Å²) in [5.41, 5.74) is -1.28. The van der Waals surface area contributed by atoms with Crippen LogP contribution in [-0.4, -0.2) is 60.2 Å². The molecule has 124 valence electrons. The minimum absolute atomic E-state index is 0.155. The van der Waals surface area contributed by atoms with Crippen LogP contribution in [0.1, 0.15) is 13.8 Å². The van der Waals surface area contributed by atoms with Crippen LogP contribution in [0.3, 0.4) is 0 Å². The highest BCUT2D eigenvalue weighted by Crippen LogP contribution is 2.23. The summed E-state index contributed by atoms with van der Waals surface area (Å²) in [5, 5.41) is 20.0. The monoisotopic (exact) mass is 316 g/mol. The van der Waals surface area contributed by atoms with E-state index in [1.54, 1.807) is 0 Å². The molecule has 1 aliphatic rings.